The minimum Gasteiger partial charge on any atom is -0.496 e. The van der Waals surface area contributed by atoms with Crippen LogP contribution in [0.2, 0.25) is 0 Å². The van der Waals surface area contributed by atoms with Crippen LogP contribution in [0.5, 0.6) is 5.75 Å². The monoisotopic (exact) mass is 614 g/mol. The first-order chi connectivity index (χ1) is 21.6. The minimum absolute atomic E-state index is 0.00617. The summed E-state index contributed by atoms with van der Waals surface area (Å²) in [6, 6.07) is 15.3. The van der Waals surface area contributed by atoms with E-state index in [1.807, 2.05) is 62.4 Å². The summed E-state index contributed by atoms with van der Waals surface area (Å²) in [5.41, 5.74) is 1.71. The van der Waals surface area contributed by atoms with E-state index in [0.29, 0.717) is 24.4 Å². The van der Waals surface area contributed by atoms with Crippen molar-refractivity contribution in [2.45, 2.75) is 70.2 Å². The van der Waals surface area contributed by atoms with Gasteiger partial charge in [-0.2, -0.15) is 0 Å². The second kappa shape index (κ2) is 12.7. The molecule has 10 heteroatoms. The Hall–Kier alpha value is -4.18. The first-order valence-corrected chi connectivity index (χ1v) is 15.9. The van der Waals surface area contributed by atoms with Crippen LogP contribution in [0.4, 0.5) is 0 Å². The fourth-order valence-corrected chi connectivity index (χ4v) is 7.57. The van der Waals surface area contributed by atoms with E-state index in [1.165, 1.54) is 0 Å². The van der Waals surface area contributed by atoms with Crippen molar-refractivity contribution < 1.29 is 28.7 Å². The van der Waals surface area contributed by atoms with Gasteiger partial charge in [0.1, 0.15) is 24.1 Å². The van der Waals surface area contributed by atoms with E-state index in [-0.39, 0.29) is 55.0 Å². The van der Waals surface area contributed by atoms with E-state index in [2.05, 4.69) is 15.6 Å². The number of fused-ring (bicyclic) bond motifs is 2. The van der Waals surface area contributed by atoms with Crippen molar-refractivity contribution in [1.82, 2.24) is 20.5 Å². The van der Waals surface area contributed by atoms with Gasteiger partial charge in [-0.05, 0) is 75.1 Å². The maximum atomic E-state index is 14.2. The van der Waals surface area contributed by atoms with Crippen LogP contribution in [-0.4, -0.2) is 71.3 Å². The van der Waals surface area contributed by atoms with Crippen molar-refractivity contribution in [3.8, 4) is 5.75 Å². The second-order valence-corrected chi connectivity index (χ2v) is 13.4. The predicted molar refractivity (Wildman–Crippen MR) is 168 cm³/mol. The number of ketones is 1. The zero-order chi connectivity index (χ0) is 31.7. The topological polar surface area (TPSA) is 130 Å². The third-order valence-corrected chi connectivity index (χ3v) is 9.66. The molecule has 3 fully saturated rings. The number of carbonyl (C=O) groups excluding carboxylic acids is 4. The number of nitrogens with one attached hydrogen (secondary N) is 3. The molecule has 3 heterocycles. The van der Waals surface area contributed by atoms with Crippen LogP contribution in [0.15, 0.2) is 54.6 Å². The van der Waals surface area contributed by atoms with Crippen molar-refractivity contribution in [3.63, 3.8) is 0 Å². The van der Waals surface area contributed by atoms with Gasteiger partial charge in [0.05, 0.1) is 19.8 Å². The summed E-state index contributed by atoms with van der Waals surface area (Å²) >= 11 is 0. The molecule has 3 aromatic rings. The molecule has 5 atom stereocenters. The summed E-state index contributed by atoms with van der Waals surface area (Å²) in [5, 5.41) is 6.79. The standard InChI is InChI=1S/C35H42N4O6/c1-35(2)17-23(32(41)38-35)15-27(29(40)20-45-19-21-9-5-4-6-10-21)37-33(42)31-24-12-7-11-22(24)18-39(31)34(43)28-16-25-26(36-28)13-8-14-30(25)44-3/h4-6,8-10,13-14,16,22-24,27,31,36H,7,11-12,15,17-20H2,1-3H3,(H,37,42)(H,38,41)/t22-,23+,24-,27?,31-/m0/s1. The normalized spacial score (nSPS) is 24.3. The van der Waals surface area contributed by atoms with E-state index in [9.17, 15) is 19.2 Å². The van der Waals surface area contributed by atoms with Crippen LogP contribution < -0.4 is 15.4 Å². The highest BCUT2D eigenvalue weighted by molar-refractivity contribution is 6.02. The number of Topliss-reactive ketones (excluding diaryl/α,β-unsaturated/α-hetero) is 1. The molecule has 2 aliphatic heterocycles. The number of amides is 3. The largest absolute Gasteiger partial charge is 0.496 e. The number of benzene rings is 2. The molecular formula is C35H42N4O6. The molecule has 0 bridgehead atoms. The van der Waals surface area contributed by atoms with Crippen molar-refractivity contribution >= 4 is 34.4 Å². The summed E-state index contributed by atoms with van der Waals surface area (Å²) in [4.78, 5) is 59.5. The highest BCUT2D eigenvalue weighted by Crippen LogP contribution is 2.43. The number of carbonyl (C=O) groups is 4. The summed E-state index contributed by atoms with van der Waals surface area (Å²) in [7, 11) is 1.59. The lowest BCUT2D eigenvalue weighted by atomic mass is 9.89. The number of hydrogen-bond acceptors (Lipinski definition) is 6. The molecule has 1 unspecified atom stereocenters. The number of H-pyrrole nitrogens is 1. The molecule has 6 rings (SSSR count). The highest BCUT2D eigenvalue weighted by atomic mass is 16.5. The first-order valence-electron chi connectivity index (χ1n) is 15.9. The number of likely N-dealkylation sites (tertiary alicyclic amines) is 1. The van der Waals surface area contributed by atoms with Gasteiger partial charge >= 0.3 is 0 Å². The Labute approximate surface area is 263 Å². The average molecular weight is 615 g/mol. The number of aromatic nitrogens is 1. The summed E-state index contributed by atoms with van der Waals surface area (Å²) in [6.07, 6.45) is 3.51. The van der Waals surface area contributed by atoms with Gasteiger partial charge in [-0.15, -0.1) is 0 Å². The van der Waals surface area contributed by atoms with Gasteiger partial charge < -0.3 is 30.0 Å². The van der Waals surface area contributed by atoms with Gasteiger partial charge in [0.25, 0.3) is 5.91 Å². The number of aromatic amines is 1. The molecular weight excluding hydrogens is 572 g/mol. The molecule has 1 aliphatic carbocycles. The number of ether oxygens (including phenoxy) is 2. The van der Waals surface area contributed by atoms with Crippen molar-refractivity contribution in [1.29, 1.82) is 0 Å². The Morgan fingerprint density at radius 1 is 1.09 bits per heavy atom. The molecule has 0 spiro atoms. The van der Waals surface area contributed by atoms with Gasteiger partial charge in [0.15, 0.2) is 5.78 Å². The number of hydrogen-bond donors (Lipinski definition) is 3. The Kier molecular flexibility index (Phi) is 8.68. The summed E-state index contributed by atoms with van der Waals surface area (Å²) in [5.74, 6) is -0.576. The lowest BCUT2D eigenvalue weighted by Gasteiger charge is -2.29. The molecule has 10 nitrogen and oxygen atoms in total. The van der Waals surface area contributed by atoms with Gasteiger partial charge in [-0.1, -0.05) is 42.8 Å². The van der Waals surface area contributed by atoms with Crippen molar-refractivity contribution in [3.05, 3.63) is 65.9 Å². The van der Waals surface area contributed by atoms with Gasteiger partial charge in [0, 0.05) is 28.9 Å². The van der Waals surface area contributed by atoms with E-state index < -0.39 is 23.5 Å². The van der Waals surface area contributed by atoms with Crippen LogP contribution >= 0.6 is 0 Å². The minimum atomic E-state index is -0.923. The Morgan fingerprint density at radius 3 is 2.62 bits per heavy atom. The third kappa shape index (κ3) is 6.47. The molecule has 1 aromatic heterocycles. The number of nitrogens with zero attached hydrogens (tertiary/aromatic N) is 1. The lowest BCUT2D eigenvalue weighted by Crippen LogP contribution is -2.53. The van der Waals surface area contributed by atoms with E-state index >= 15 is 0 Å². The van der Waals surface area contributed by atoms with Crippen LogP contribution in [0, 0.1) is 17.8 Å². The lowest BCUT2D eigenvalue weighted by molar-refractivity contribution is -0.134. The van der Waals surface area contributed by atoms with Crippen LogP contribution in [0.25, 0.3) is 10.9 Å². The number of methoxy groups -OCH3 is 1. The fourth-order valence-electron chi connectivity index (χ4n) is 7.57. The van der Waals surface area contributed by atoms with E-state index in [1.54, 1.807) is 18.1 Å². The average Bonchev–Trinajstić information content (AvgIpc) is 3.78. The van der Waals surface area contributed by atoms with Gasteiger partial charge in [-0.25, -0.2) is 0 Å². The third-order valence-electron chi connectivity index (χ3n) is 9.66. The maximum Gasteiger partial charge on any atom is 0.271 e. The van der Waals surface area contributed by atoms with Crippen LogP contribution in [0.1, 0.15) is 62.0 Å². The molecule has 2 aromatic carbocycles. The molecule has 238 valence electrons. The van der Waals surface area contributed by atoms with Crippen LogP contribution in [-0.2, 0) is 25.7 Å². The Balaban J connectivity index is 1.22. The SMILES string of the molecule is COc1cccc2[nH]c(C(=O)N3C[C@@H]4CCC[C@@H]4[C@H]3C(=O)NC(C[C@@H]3CC(C)(C)NC3=O)C(=O)COCc3ccccc3)cc12. The number of rotatable bonds is 11. The fraction of sp³-hybridized carbons (Fsp3) is 0.486. The predicted octanol–water partition coefficient (Wildman–Crippen LogP) is 3.99. The zero-order valence-electron chi connectivity index (χ0n) is 26.1. The molecule has 45 heavy (non-hydrogen) atoms. The maximum absolute atomic E-state index is 14.2. The van der Waals surface area contributed by atoms with Crippen LogP contribution in [0.3, 0.4) is 0 Å². The van der Waals surface area contributed by atoms with Gasteiger partial charge in [0.2, 0.25) is 11.8 Å². The molecule has 3 aliphatic rings. The van der Waals surface area contributed by atoms with Gasteiger partial charge in [-0.3, -0.25) is 19.2 Å². The molecule has 3 N–H and O–H groups in total. The molecule has 2 saturated heterocycles. The quantitative estimate of drug-likeness (QED) is 0.300. The summed E-state index contributed by atoms with van der Waals surface area (Å²) < 4.78 is 11.2. The van der Waals surface area contributed by atoms with E-state index in [0.717, 1.165) is 35.7 Å². The summed E-state index contributed by atoms with van der Waals surface area (Å²) in [6.45, 7) is 4.43. The highest BCUT2D eigenvalue weighted by Gasteiger charge is 2.50. The van der Waals surface area contributed by atoms with Crippen molar-refractivity contribution in [2.24, 2.45) is 17.8 Å². The zero-order valence-corrected chi connectivity index (χ0v) is 26.1. The molecule has 1 saturated carbocycles. The Bertz CT molecular complexity index is 1580. The molecule has 3 amide bonds. The molecule has 0 radical (unpaired) electrons. The van der Waals surface area contributed by atoms with Crippen molar-refractivity contribution in [2.75, 3.05) is 20.3 Å². The van der Waals surface area contributed by atoms with E-state index in [4.69, 9.17) is 9.47 Å². The Morgan fingerprint density at radius 2 is 1.89 bits per heavy atom. The second-order valence-electron chi connectivity index (χ2n) is 13.4. The smallest absolute Gasteiger partial charge is 0.271 e. The first kappa shape index (κ1) is 30.8.